The van der Waals surface area contributed by atoms with Crippen molar-refractivity contribution in [1.82, 2.24) is 4.90 Å². The van der Waals surface area contributed by atoms with Crippen LogP contribution in [0.25, 0.3) is 0 Å². The topological polar surface area (TPSA) is 46.6 Å². The van der Waals surface area contributed by atoms with Gasteiger partial charge in [0.15, 0.2) is 6.10 Å². The molecule has 0 N–H and O–H groups in total. The molecule has 1 saturated heterocycles. The summed E-state index contributed by atoms with van der Waals surface area (Å²) < 4.78 is 6.16. The third kappa shape index (κ3) is 12.3. The van der Waals surface area contributed by atoms with E-state index in [1.165, 1.54) is 32.1 Å². The second-order valence-corrected chi connectivity index (χ2v) is 8.20. The van der Waals surface area contributed by atoms with Gasteiger partial charge in [0.05, 0.1) is 27.7 Å². The number of nitrogens with zero attached hydrogens (tertiary/aromatic N) is 2. The van der Waals surface area contributed by atoms with Crippen LogP contribution in [0.4, 0.5) is 0 Å². The zero-order chi connectivity index (χ0) is 19.4. The fraction of sp³-hybridized carbons (Fsp3) is 0.810. The van der Waals surface area contributed by atoms with Gasteiger partial charge in [0.2, 0.25) is 0 Å². The lowest BCUT2D eigenvalue weighted by atomic mass is 10.1. The Morgan fingerprint density at radius 2 is 1.74 bits per heavy atom. The monoisotopic (exact) mass is 492 g/mol. The van der Waals surface area contributed by atoms with Gasteiger partial charge in [-0.1, -0.05) is 51.4 Å². The highest BCUT2D eigenvalue weighted by atomic mass is 127. The molecule has 1 rings (SSSR count). The Balaban J connectivity index is 0.00000676. The smallest absolute Gasteiger partial charge is 0.306 e. The average Bonchev–Trinajstić information content (AvgIpc) is 2.90. The number of amides is 1. The summed E-state index contributed by atoms with van der Waals surface area (Å²) in [6.07, 6.45) is 8.56. The van der Waals surface area contributed by atoms with Gasteiger partial charge in [-0.05, 0) is 12.3 Å². The molecule has 1 aliphatic heterocycles. The minimum atomic E-state index is -0.604. The summed E-state index contributed by atoms with van der Waals surface area (Å²) in [6, 6.07) is 0. The normalized spacial score (nSPS) is 16.5. The molecule has 1 heterocycles. The van der Waals surface area contributed by atoms with Gasteiger partial charge in [0.25, 0.3) is 5.91 Å². The predicted molar refractivity (Wildman–Crippen MR) is 104 cm³/mol. The number of halogens is 1. The van der Waals surface area contributed by atoms with Gasteiger partial charge in [-0.15, -0.1) is 0 Å². The summed E-state index contributed by atoms with van der Waals surface area (Å²) in [5.74, 6) is 5.81. The number of unbranched alkanes of at least 4 members (excludes halogenated alkanes) is 6. The number of likely N-dealkylation sites (tertiary alicyclic amines) is 1. The number of hydrogen-bond acceptors (Lipinski definition) is 3. The Morgan fingerprint density at radius 1 is 1.11 bits per heavy atom. The number of ether oxygens (including phenoxy) is 1. The van der Waals surface area contributed by atoms with Crippen molar-refractivity contribution < 1.29 is 42.8 Å². The Labute approximate surface area is 182 Å². The molecule has 0 aromatic rings. The van der Waals surface area contributed by atoms with Crippen molar-refractivity contribution in [3.63, 3.8) is 0 Å². The summed E-state index contributed by atoms with van der Waals surface area (Å²) in [5.41, 5.74) is 0. The molecule has 0 bridgehead atoms. The summed E-state index contributed by atoms with van der Waals surface area (Å²) in [6.45, 7) is 4.00. The van der Waals surface area contributed by atoms with Crippen molar-refractivity contribution in [2.75, 3.05) is 40.8 Å². The van der Waals surface area contributed by atoms with E-state index in [4.69, 9.17) is 4.74 Å². The molecule has 27 heavy (non-hydrogen) atoms. The molecule has 1 aliphatic rings. The van der Waals surface area contributed by atoms with Crippen molar-refractivity contribution in [2.45, 2.75) is 70.8 Å². The first-order valence-corrected chi connectivity index (χ1v) is 10.1. The van der Waals surface area contributed by atoms with Gasteiger partial charge in [-0.25, -0.2) is 0 Å². The van der Waals surface area contributed by atoms with E-state index in [0.29, 0.717) is 25.9 Å². The minimum absolute atomic E-state index is 0. The predicted octanol–water partition coefficient (Wildman–Crippen LogP) is -0.0152. The van der Waals surface area contributed by atoms with E-state index in [-0.39, 0.29) is 35.9 Å². The third-order valence-corrected chi connectivity index (χ3v) is 4.45. The molecule has 0 aromatic carbocycles. The Hall–Kier alpha value is -0.810. The minimum Gasteiger partial charge on any atom is -1.00 e. The molecule has 0 radical (unpaired) electrons. The zero-order valence-corrected chi connectivity index (χ0v) is 19.7. The molecule has 0 spiro atoms. The van der Waals surface area contributed by atoms with Crippen molar-refractivity contribution in [3.05, 3.63) is 0 Å². The molecule has 0 unspecified atom stereocenters. The lowest BCUT2D eigenvalue weighted by Gasteiger charge is -2.20. The van der Waals surface area contributed by atoms with Crippen molar-refractivity contribution in [1.29, 1.82) is 0 Å². The van der Waals surface area contributed by atoms with Gasteiger partial charge in [-0.2, -0.15) is 0 Å². The molecule has 0 saturated carbocycles. The lowest BCUT2D eigenvalue weighted by Crippen LogP contribution is -3.00. The molecular weight excluding hydrogens is 455 g/mol. The Bertz CT molecular complexity index is 506. The first-order chi connectivity index (χ1) is 12.3. The van der Waals surface area contributed by atoms with Crippen LogP contribution < -0.4 is 24.0 Å². The Morgan fingerprint density at radius 3 is 2.37 bits per heavy atom. The van der Waals surface area contributed by atoms with Crippen LogP contribution in [0.5, 0.6) is 0 Å². The van der Waals surface area contributed by atoms with E-state index in [2.05, 4.69) is 39.9 Å². The van der Waals surface area contributed by atoms with E-state index in [1.54, 1.807) is 4.90 Å². The first-order valence-electron chi connectivity index (χ1n) is 10.1. The molecule has 156 valence electrons. The van der Waals surface area contributed by atoms with Crippen LogP contribution >= 0.6 is 0 Å². The maximum atomic E-state index is 12.3. The number of esters is 1. The highest BCUT2D eigenvalue weighted by Crippen LogP contribution is 2.16. The molecule has 0 aromatic heterocycles. The standard InChI is InChI=1S/C21H37N2O3.HI/c1-5-6-7-8-9-10-11-14-20(24)26-19-15-17-22(21(19)25)16-12-13-18-23(2,3)4;/h19H,5-11,14-18H2,1-4H3;1H/q+1;/p-1/t19-;/m1./s1. The fourth-order valence-electron chi connectivity index (χ4n) is 2.87. The highest BCUT2D eigenvalue weighted by Gasteiger charge is 2.33. The number of rotatable bonds is 11. The van der Waals surface area contributed by atoms with Crippen LogP contribution in [0.2, 0.25) is 0 Å². The van der Waals surface area contributed by atoms with Gasteiger partial charge in [0, 0.05) is 19.4 Å². The van der Waals surface area contributed by atoms with Gasteiger partial charge >= 0.3 is 5.97 Å². The van der Waals surface area contributed by atoms with Crippen molar-refractivity contribution in [2.24, 2.45) is 0 Å². The lowest BCUT2D eigenvalue weighted by molar-refractivity contribution is -0.862. The van der Waals surface area contributed by atoms with Crippen LogP contribution in [0.1, 0.15) is 64.7 Å². The number of carbonyl (C=O) groups is 2. The third-order valence-electron chi connectivity index (χ3n) is 4.45. The van der Waals surface area contributed by atoms with Crippen LogP contribution in [-0.4, -0.2) is 68.1 Å². The summed E-state index contributed by atoms with van der Waals surface area (Å²) in [7, 11) is 6.24. The average molecular weight is 492 g/mol. The second-order valence-electron chi connectivity index (χ2n) is 8.20. The summed E-state index contributed by atoms with van der Waals surface area (Å²) in [5, 5.41) is 0. The maximum absolute atomic E-state index is 12.3. The number of carbonyl (C=O) groups excluding carboxylic acids is 2. The zero-order valence-electron chi connectivity index (χ0n) is 17.6. The molecule has 6 heteroatoms. The van der Waals surface area contributed by atoms with Crippen LogP contribution in [0, 0.1) is 11.8 Å². The van der Waals surface area contributed by atoms with E-state index in [1.807, 2.05) is 0 Å². The molecular formula is C21H37IN2O3. The van der Waals surface area contributed by atoms with Crippen molar-refractivity contribution >= 4 is 11.9 Å². The van der Waals surface area contributed by atoms with Crippen molar-refractivity contribution in [3.8, 4) is 11.8 Å². The molecule has 1 atom stereocenters. The molecule has 0 aliphatic carbocycles. The number of hydrogen-bond donors (Lipinski definition) is 0. The number of quaternary nitrogens is 1. The van der Waals surface area contributed by atoms with Gasteiger partial charge in [0.1, 0.15) is 6.54 Å². The summed E-state index contributed by atoms with van der Waals surface area (Å²) >= 11 is 0. The van der Waals surface area contributed by atoms with Crippen LogP contribution in [-0.2, 0) is 14.3 Å². The highest BCUT2D eigenvalue weighted by molar-refractivity contribution is 5.85. The van der Waals surface area contributed by atoms with E-state index < -0.39 is 6.10 Å². The molecule has 1 amide bonds. The van der Waals surface area contributed by atoms with E-state index in [9.17, 15) is 9.59 Å². The maximum Gasteiger partial charge on any atom is 0.306 e. The fourth-order valence-corrected chi connectivity index (χ4v) is 2.87. The van der Waals surface area contributed by atoms with E-state index in [0.717, 1.165) is 23.9 Å². The molecule has 1 fully saturated rings. The molecule has 5 nitrogen and oxygen atoms in total. The Kier molecular flexibility index (Phi) is 13.8. The largest absolute Gasteiger partial charge is 1.00 e. The van der Waals surface area contributed by atoms with Gasteiger partial charge < -0.3 is 38.1 Å². The quantitative estimate of drug-likeness (QED) is 0.134. The van der Waals surface area contributed by atoms with Crippen LogP contribution in [0.3, 0.4) is 0 Å². The first kappa shape index (κ1) is 26.2. The summed E-state index contributed by atoms with van der Waals surface area (Å²) in [4.78, 5) is 25.9. The van der Waals surface area contributed by atoms with E-state index >= 15 is 0 Å². The second kappa shape index (κ2) is 14.2. The van der Waals surface area contributed by atoms with Crippen LogP contribution in [0.15, 0.2) is 0 Å². The SMILES string of the molecule is CCCCCCCCCC(=O)O[C@@H]1CCN(CC#CC[N+](C)(C)C)C1=O.[I-]. The van der Waals surface area contributed by atoms with Gasteiger partial charge in [-0.3, -0.25) is 9.59 Å².